The number of nitrogens with zero attached hydrogens (tertiary/aromatic N) is 5. The van der Waals surface area contributed by atoms with Crippen molar-refractivity contribution in [3.63, 3.8) is 0 Å². The van der Waals surface area contributed by atoms with Crippen LogP contribution in [-0.4, -0.2) is 24.5 Å². The molecule has 0 saturated heterocycles. The van der Waals surface area contributed by atoms with Gasteiger partial charge in [0.2, 0.25) is 0 Å². The molecule has 0 aliphatic carbocycles. The maximum atomic E-state index is 4.18. The van der Waals surface area contributed by atoms with Gasteiger partial charge in [0.25, 0.3) is 0 Å². The average molecular weight is 295 g/mol. The van der Waals surface area contributed by atoms with E-state index in [2.05, 4.69) is 48.8 Å². The van der Waals surface area contributed by atoms with Crippen molar-refractivity contribution in [3.8, 4) is 0 Å². The maximum absolute atomic E-state index is 4.18. The molecule has 0 saturated carbocycles. The zero-order valence-electron chi connectivity index (χ0n) is 11.4. The third-order valence-corrected chi connectivity index (χ3v) is 4.33. The van der Waals surface area contributed by atoms with Crippen LogP contribution in [0.25, 0.3) is 11.0 Å². The van der Waals surface area contributed by atoms with Gasteiger partial charge in [-0.25, -0.2) is 9.67 Å². The zero-order valence-corrected chi connectivity index (χ0v) is 12.2. The average Bonchev–Trinajstić information content (AvgIpc) is 3.23. The van der Waals surface area contributed by atoms with E-state index in [9.17, 15) is 0 Å². The zero-order chi connectivity index (χ0) is 14.2. The molecule has 1 unspecified atom stereocenters. The molecule has 0 N–H and O–H groups in total. The summed E-state index contributed by atoms with van der Waals surface area (Å²) in [5.74, 6) is 0. The summed E-state index contributed by atoms with van der Waals surface area (Å²) in [7, 11) is 1.91. The second kappa shape index (κ2) is 4.82. The van der Waals surface area contributed by atoms with E-state index < -0.39 is 0 Å². The third kappa shape index (κ3) is 2.04. The number of rotatable bonds is 3. The van der Waals surface area contributed by atoms with Crippen LogP contribution in [0.15, 0.2) is 53.7 Å². The second-order valence-electron chi connectivity index (χ2n) is 4.93. The Labute approximate surface area is 125 Å². The molecule has 0 aliphatic rings. The molecular weight excluding hydrogens is 282 g/mol. The van der Waals surface area contributed by atoms with Crippen molar-refractivity contribution < 1.29 is 0 Å². The van der Waals surface area contributed by atoms with Crippen LogP contribution in [0.3, 0.4) is 0 Å². The van der Waals surface area contributed by atoms with Crippen molar-refractivity contribution in [3.05, 3.63) is 64.9 Å². The van der Waals surface area contributed by atoms with Crippen LogP contribution in [0, 0.1) is 0 Å². The van der Waals surface area contributed by atoms with Crippen LogP contribution in [-0.2, 0) is 7.05 Å². The van der Waals surface area contributed by atoms with Crippen LogP contribution >= 0.6 is 11.3 Å². The Hall–Kier alpha value is -2.47. The van der Waals surface area contributed by atoms with Gasteiger partial charge in [-0.3, -0.25) is 0 Å². The second-order valence-corrected chi connectivity index (χ2v) is 5.71. The molecule has 0 amide bonds. The van der Waals surface area contributed by atoms with E-state index in [1.807, 2.05) is 31.8 Å². The van der Waals surface area contributed by atoms with Gasteiger partial charge in [-0.15, -0.1) is 5.10 Å². The summed E-state index contributed by atoms with van der Waals surface area (Å²) < 4.78 is 3.92. The summed E-state index contributed by atoms with van der Waals surface area (Å²) in [5, 5.41) is 12.5. The number of fused-ring (bicyclic) bond motifs is 1. The lowest BCUT2D eigenvalue weighted by Crippen LogP contribution is -2.09. The van der Waals surface area contributed by atoms with Gasteiger partial charge in [-0.05, 0) is 40.1 Å². The SMILES string of the molecule is Cn1nnc2ccc(C(c3ccsc3)n3ccnc3)cc21. The van der Waals surface area contributed by atoms with Crippen LogP contribution in [0.4, 0.5) is 0 Å². The predicted octanol–water partition coefficient (Wildman–Crippen LogP) is 2.86. The molecule has 0 fully saturated rings. The van der Waals surface area contributed by atoms with Crippen molar-refractivity contribution >= 4 is 22.4 Å². The lowest BCUT2D eigenvalue weighted by molar-refractivity contribution is 0.678. The summed E-state index contributed by atoms with van der Waals surface area (Å²) >= 11 is 1.70. The fraction of sp³-hybridized carbons (Fsp3) is 0.133. The van der Waals surface area contributed by atoms with Crippen molar-refractivity contribution in [2.24, 2.45) is 7.05 Å². The number of aryl methyl sites for hydroxylation is 1. The molecule has 104 valence electrons. The molecule has 3 aromatic heterocycles. The normalized spacial score (nSPS) is 12.8. The molecule has 0 radical (unpaired) electrons. The lowest BCUT2D eigenvalue weighted by atomic mass is 10.0. The van der Waals surface area contributed by atoms with Crippen LogP contribution in [0.2, 0.25) is 0 Å². The fourth-order valence-electron chi connectivity index (χ4n) is 2.61. The molecule has 1 aromatic carbocycles. The minimum Gasteiger partial charge on any atom is -0.326 e. The van der Waals surface area contributed by atoms with E-state index in [0.717, 1.165) is 11.0 Å². The number of thiophene rings is 1. The van der Waals surface area contributed by atoms with E-state index in [1.165, 1.54) is 11.1 Å². The molecule has 6 heteroatoms. The Bertz CT molecular complexity index is 827. The summed E-state index contributed by atoms with van der Waals surface area (Å²) in [6, 6.07) is 8.56. The first-order valence-corrected chi connectivity index (χ1v) is 7.56. The highest BCUT2D eigenvalue weighted by Gasteiger charge is 2.17. The minimum atomic E-state index is 0.123. The number of aromatic nitrogens is 5. The highest BCUT2D eigenvalue weighted by Crippen LogP contribution is 2.29. The van der Waals surface area contributed by atoms with Crippen LogP contribution in [0.1, 0.15) is 17.2 Å². The molecule has 0 bridgehead atoms. The number of benzene rings is 1. The molecule has 1 atom stereocenters. The van der Waals surface area contributed by atoms with E-state index in [1.54, 1.807) is 16.0 Å². The Morgan fingerprint density at radius 1 is 1.19 bits per heavy atom. The Kier molecular flexibility index (Phi) is 2.82. The molecule has 0 spiro atoms. The molecule has 3 heterocycles. The minimum absolute atomic E-state index is 0.123. The first kappa shape index (κ1) is 12.3. The van der Waals surface area contributed by atoms with Gasteiger partial charge in [-0.1, -0.05) is 11.3 Å². The van der Waals surface area contributed by atoms with Crippen molar-refractivity contribution in [2.45, 2.75) is 6.04 Å². The fourth-order valence-corrected chi connectivity index (χ4v) is 3.29. The monoisotopic (exact) mass is 295 g/mol. The summed E-state index contributed by atoms with van der Waals surface area (Å²) in [5.41, 5.74) is 4.40. The van der Waals surface area contributed by atoms with Crippen LogP contribution < -0.4 is 0 Å². The molecular formula is C15H13N5S. The first-order chi connectivity index (χ1) is 10.3. The number of hydrogen-bond acceptors (Lipinski definition) is 4. The van der Waals surface area contributed by atoms with Gasteiger partial charge >= 0.3 is 0 Å². The number of hydrogen-bond donors (Lipinski definition) is 0. The van der Waals surface area contributed by atoms with Crippen molar-refractivity contribution in [1.29, 1.82) is 0 Å². The highest BCUT2D eigenvalue weighted by atomic mass is 32.1. The Balaban J connectivity index is 1.91. The molecule has 4 rings (SSSR count). The van der Waals surface area contributed by atoms with Crippen LogP contribution in [0.5, 0.6) is 0 Å². The van der Waals surface area contributed by atoms with E-state index in [-0.39, 0.29) is 6.04 Å². The van der Waals surface area contributed by atoms with Gasteiger partial charge in [0.05, 0.1) is 17.9 Å². The van der Waals surface area contributed by atoms with Gasteiger partial charge in [0.15, 0.2) is 0 Å². The Morgan fingerprint density at radius 3 is 2.90 bits per heavy atom. The van der Waals surface area contributed by atoms with Crippen molar-refractivity contribution in [2.75, 3.05) is 0 Å². The largest absolute Gasteiger partial charge is 0.326 e. The maximum Gasteiger partial charge on any atom is 0.113 e. The number of imidazole rings is 1. The van der Waals surface area contributed by atoms with E-state index >= 15 is 0 Å². The molecule has 4 aromatic rings. The Morgan fingerprint density at radius 2 is 2.14 bits per heavy atom. The van der Waals surface area contributed by atoms with Gasteiger partial charge in [0, 0.05) is 19.4 Å². The highest BCUT2D eigenvalue weighted by molar-refractivity contribution is 7.08. The van der Waals surface area contributed by atoms with Gasteiger partial charge in [-0.2, -0.15) is 11.3 Å². The van der Waals surface area contributed by atoms with Gasteiger partial charge in [0.1, 0.15) is 5.52 Å². The van der Waals surface area contributed by atoms with Gasteiger partial charge < -0.3 is 4.57 Å². The first-order valence-electron chi connectivity index (χ1n) is 6.62. The third-order valence-electron chi connectivity index (χ3n) is 3.63. The topological polar surface area (TPSA) is 48.5 Å². The summed E-state index contributed by atoms with van der Waals surface area (Å²) in [6.45, 7) is 0. The predicted molar refractivity (Wildman–Crippen MR) is 82.3 cm³/mol. The quantitative estimate of drug-likeness (QED) is 0.584. The molecule has 21 heavy (non-hydrogen) atoms. The van der Waals surface area contributed by atoms with Crippen molar-refractivity contribution in [1.82, 2.24) is 24.5 Å². The summed E-state index contributed by atoms with van der Waals surface area (Å²) in [6.07, 6.45) is 5.66. The lowest BCUT2D eigenvalue weighted by Gasteiger charge is -2.18. The summed E-state index contributed by atoms with van der Waals surface area (Å²) in [4.78, 5) is 4.18. The van der Waals surface area contributed by atoms with E-state index in [4.69, 9.17) is 0 Å². The smallest absolute Gasteiger partial charge is 0.113 e. The molecule has 0 aliphatic heterocycles. The van der Waals surface area contributed by atoms with E-state index in [0.29, 0.717) is 0 Å². The standard InChI is InChI=1S/C15H13N5S/c1-19-14-8-11(2-3-13(14)17-18-19)15(12-4-7-21-9-12)20-6-5-16-10-20/h2-10,15H,1H3. The molecule has 5 nitrogen and oxygen atoms in total.